The van der Waals surface area contributed by atoms with Crippen LogP contribution in [0.25, 0.3) is 0 Å². The van der Waals surface area contributed by atoms with Gasteiger partial charge in [-0.15, -0.1) is 0 Å². The van der Waals surface area contributed by atoms with Crippen LogP contribution in [-0.2, 0) is 33.8 Å². The number of aromatic nitrogens is 1. The summed E-state index contributed by atoms with van der Waals surface area (Å²) in [5.74, 6) is -1.63. The van der Waals surface area contributed by atoms with Crippen molar-refractivity contribution in [3.05, 3.63) is 46.6 Å². The Bertz CT molecular complexity index is 1380. The smallest absolute Gasteiger partial charge is 0.245 e. The first-order chi connectivity index (χ1) is 21.7. The molecule has 3 N–H and O–H groups in total. The number of hydrogen-bond donors (Lipinski definition) is 3. The second kappa shape index (κ2) is 15.1. The molecule has 2 aromatic rings. The third kappa shape index (κ3) is 8.15. The number of carbonyl (C=O) groups excluding carboxylic acids is 4. The van der Waals surface area contributed by atoms with Crippen molar-refractivity contribution >= 4 is 29.2 Å². The lowest BCUT2D eigenvalue weighted by molar-refractivity contribution is -0.137. The molecule has 0 spiro atoms. The zero-order chi connectivity index (χ0) is 31.9. The minimum absolute atomic E-state index is 0.00871. The average Bonchev–Trinajstić information content (AvgIpc) is 3.49. The standard InChI is InChI=1S/C33H45FN6O5/c1-3-30(42)36-27(33(44)40-15-13-39(2)14-16-40)18-21-9-10-26(25(34)17-21)37-32(43)23(22-7-5-4-6-8-22)19-28(41)31-24-20-35-12-11-29(24)45-38-31/h9-10,17,22-23,27,35H,3-8,11-16,18-20H2,1-2H3,(H,36,42)(H,37,43)/t23-,27+/m0/s1. The molecule has 2 aliphatic heterocycles. The fourth-order valence-corrected chi connectivity index (χ4v) is 6.65. The molecule has 0 radical (unpaired) electrons. The molecule has 45 heavy (non-hydrogen) atoms. The number of halogens is 1. The van der Waals surface area contributed by atoms with E-state index in [0.717, 1.165) is 57.3 Å². The zero-order valence-electron chi connectivity index (χ0n) is 26.3. The summed E-state index contributed by atoms with van der Waals surface area (Å²) in [5, 5.41) is 12.8. The highest BCUT2D eigenvalue weighted by atomic mass is 19.1. The van der Waals surface area contributed by atoms with Crippen LogP contribution in [0, 0.1) is 17.7 Å². The molecule has 1 saturated carbocycles. The molecule has 3 aliphatic rings. The van der Waals surface area contributed by atoms with Gasteiger partial charge in [0.1, 0.15) is 17.6 Å². The molecule has 3 amide bonds. The van der Waals surface area contributed by atoms with Crippen molar-refractivity contribution < 1.29 is 28.1 Å². The average molecular weight is 625 g/mol. The van der Waals surface area contributed by atoms with Crippen LogP contribution >= 0.6 is 0 Å². The van der Waals surface area contributed by atoms with Crippen molar-refractivity contribution in [2.24, 2.45) is 11.8 Å². The molecule has 1 aromatic carbocycles. The molecule has 1 aliphatic carbocycles. The van der Waals surface area contributed by atoms with Crippen LogP contribution in [0.2, 0.25) is 0 Å². The molecule has 0 unspecified atom stereocenters. The van der Waals surface area contributed by atoms with Crippen LogP contribution in [0.15, 0.2) is 22.7 Å². The van der Waals surface area contributed by atoms with Gasteiger partial charge in [0.25, 0.3) is 0 Å². The maximum absolute atomic E-state index is 15.5. The van der Waals surface area contributed by atoms with Gasteiger partial charge < -0.3 is 30.3 Å². The van der Waals surface area contributed by atoms with Gasteiger partial charge in [0.2, 0.25) is 17.7 Å². The minimum atomic E-state index is -0.820. The number of benzene rings is 1. The summed E-state index contributed by atoms with van der Waals surface area (Å²) in [5.41, 5.74) is 1.57. The van der Waals surface area contributed by atoms with Gasteiger partial charge in [0.05, 0.1) is 5.69 Å². The summed E-state index contributed by atoms with van der Waals surface area (Å²) in [6.07, 6.45) is 5.71. The number of Topliss-reactive ketones (excluding diaryl/α,β-unsaturated/α-hetero) is 1. The number of anilines is 1. The maximum Gasteiger partial charge on any atom is 0.245 e. The first-order valence-electron chi connectivity index (χ1n) is 16.3. The molecular formula is C33H45FN6O5. The SMILES string of the molecule is CCC(=O)N[C@H](Cc1ccc(NC(=O)[C@@H](CC(=O)c2noc3c2CNCC3)C2CCCCC2)c(F)c1)C(=O)N1CCN(C)CC1. The number of rotatable bonds is 11. The summed E-state index contributed by atoms with van der Waals surface area (Å²) in [6, 6.07) is 3.63. The lowest BCUT2D eigenvalue weighted by Crippen LogP contribution is -2.54. The molecule has 0 bridgehead atoms. The third-order valence-electron chi connectivity index (χ3n) is 9.43. The minimum Gasteiger partial charge on any atom is -0.360 e. The van der Waals surface area contributed by atoms with Crippen LogP contribution in [0.5, 0.6) is 0 Å². The normalized spacial score (nSPS) is 19.0. The van der Waals surface area contributed by atoms with Crippen LogP contribution < -0.4 is 16.0 Å². The highest BCUT2D eigenvalue weighted by Gasteiger charge is 2.35. The van der Waals surface area contributed by atoms with Gasteiger partial charge in [-0.1, -0.05) is 37.4 Å². The monoisotopic (exact) mass is 624 g/mol. The zero-order valence-corrected chi connectivity index (χ0v) is 26.3. The summed E-state index contributed by atoms with van der Waals surface area (Å²) >= 11 is 0. The summed E-state index contributed by atoms with van der Waals surface area (Å²) in [4.78, 5) is 56.6. The van der Waals surface area contributed by atoms with E-state index in [0.29, 0.717) is 37.4 Å². The van der Waals surface area contributed by atoms with E-state index in [1.54, 1.807) is 17.9 Å². The van der Waals surface area contributed by atoms with Crippen LogP contribution in [0.1, 0.15) is 79.2 Å². The first-order valence-corrected chi connectivity index (χ1v) is 16.3. The topological polar surface area (TPSA) is 137 Å². The van der Waals surface area contributed by atoms with Gasteiger partial charge >= 0.3 is 0 Å². The number of piperazine rings is 1. The number of hydrogen-bond acceptors (Lipinski definition) is 8. The van der Waals surface area contributed by atoms with Crippen LogP contribution in [-0.4, -0.2) is 84.3 Å². The summed E-state index contributed by atoms with van der Waals surface area (Å²) < 4.78 is 20.9. The van der Waals surface area contributed by atoms with E-state index in [-0.39, 0.29) is 54.2 Å². The molecule has 12 heteroatoms. The lowest BCUT2D eigenvalue weighted by atomic mass is 9.77. The Balaban J connectivity index is 1.28. The van der Waals surface area contributed by atoms with E-state index in [2.05, 4.69) is 26.0 Å². The molecule has 2 fully saturated rings. The number of nitrogens with zero attached hydrogens (tertiary/aromatic N) is 3. The summed E-state index contributed by atoms with van der Waals surface area (Å²) in [7, 11) is 2.00. The van der Waals surface area contributed by atoms with Gasteiger partial charge in [-0.2, -0.15) is 0 Å². The lowest BCUT2D eigenvalue weighted by Gasteiger charge is -2.34. The van der Waals surface area contributed by atoms with E-state index in [1.165, 1.54) is 12.1 Å². The van der Waals surface area contributed by atoms with Gasteiger partial charge in [0, 0.05) is 76.4 Å². The molecule has 1 aromatic heterocycles. The fourth-order valence-electron chi connectivity index (χ4n) is 6.65. The van der Waals surface area contributed by atoms with Crippen LogP contribution in [0.4, 0.5) is 10.1 Å². The fraction of sp³-hybridized carbons (Fsp3) is 0.606. The predicted octanol–water partition coefficient (Wildman–Crippen LogP) is 3.08. The number of nitrogens with one attached hydrogen (secondary N) is 3. The Kier molecular flexibility index (Phi) is 11.0. The van der Waals surface area contributed by atoms with E-state index < -0.39 is 23.7 Å². The second-order valence-electron chi connectivity index (χ2n) is 12.6. The van der Waals surface area contributed by atoms with E-state index in [1.807, 2.05) is 7.05 Å². The highest BCUT2D eigenvalue weighted by molar-refractivity contribution is 6.01. The highest BCUT2D eigenvalue weighted by Crippen LogP contribution is 2.34. The molecule has 1 saturated heterocycles. The Hall–Kier alpha value is -3.64. The van der Waals surface area contributed by atoms with Gasteiger partial charge in [-0.3, -0.25) is 19.2 Å². The van der Waals surface area contributed by atoms with Gasteiger partial charge in [-0.25, -0.2) is 4.39 Å². The molecule has 5 rings (SSSR count). The van der Waals surface area contributed by atoms with Crippen molar-refractivity contribution in [1.29, 1.82) is 0 Å². The van der Waals surface area contributed by atoms with Crippen molar-refractivity contribution in [1.82, 2.24) is 25.6 Å². The Morgan fingerprint density at radius 3 is 2.58 bits per heavy atom. The van der Waals surface area contributed by atoms with Gasteiger partial charge in [-0.05, 0) is 43.5 Å². The molecule has 11 nitrogen and oxygen atoms in total. The molecule has 3 heterocycles. The summed E-state index contributed by atoms with van der Waals surface area (Å²) in [6.45, 7) is 5.59. The van der Waals surface area contributed by atoms with Crippen LogP contribution in [0.3, 0.4) is 0 Å². The maximum atomic E-state index is 15.5. The number of fused-ring (bicyclic) bond motifs is 1. The van der Waals surface area contributed by atoms with E-state index in [4.69, 9.17) is 4.52 Å². The number of carbonyl (C=O) groups is 4. The first kappa shape index (κ1) is 32.7. The molecular weight excluding hydrogens is 579 g/mol. The Labute approximate surface area is 263 Å². The Morgan fingerprint density at radius 2 is 1.87 bits per heavy atom. The second-order valence-corrected chi connectivity index (χ2v) is 12.6. The molecule has 2 atom stereocenters. The Morgan fingerprint density at radius 1 is 1.11 bits per heavy atom. The van der Waals surface area contributed by atoms with Gasteiger partial charge in [0.15, 0.2) is 11.5 Å². The van der Waals surface area contributed by atoms with E-state index in [9.17, 15) is 19.2 Å². The molecule has 244 valence electrons. The number of likely N-dealkylation sites (N-methyl/N-ethyl adjacent to an activating group) is 1. The van der Waals surface area contributed by atoms with Crippen molar-refractivity contribution in [3.63, 3.8) is 0 Å². The number of amides is 3. The van der Waals surface area contributed by atoms with Crippen molar-refractivity contribution in [2.45, 2.75) is 77.3 Å². The van der Waals surface area contributed by atoms with E-state index >= 15 is 4.39 Å². The largest absolute Gasteiger partial charge is 0.360 e. The third-order valence-corrected chi connectivity index (χ3v) is 9.43. The van der Waals surface area contributed by atoms with Crippen molar-refractivity contribution in [2.75, 3.05) is 45.1 Å². The number of ketones is 1. The predicted molar refractivity (Wildman–Crippen MR) is 166 cm³/mol. The van der Waals surface area contributed by atoms with Crippen molar-refractivity contribution in [3.8, 4) is 0 Å². The quantitative estimate of drug-likeness (QED) is 0.325.